The van der Waals surface area contributed by atoms with E-state index in [1.165, 1.54) is 0 Å². The first-order chi connectivity index (χ1) is 16.1. The maximum Gasteiger partial charge on any atom is 0.319 e. The maximum absolute atomic E-state index is 12.2. The Bertz CT molecular complexity index is 1270. The highest BCUT2D eigenvalue weighted by atomic mass is 16.2. The summed E-state index contributed by atoms with van der Waals surface area (Å²) in [6.45, 7) is 5.60. The number of nitrogens with zero attached hydrogens (tertiary/aromatic N) is 3. The molecule has 0 unspecified atom stereocenters. The van der Waals surface area contributed by atoms with Crippen LogP contribution in [-0.4, -0.2) is 27.1 Å². The fraction of sp³-hybridized carbons (Fsp3) is 0.346. The monoisotopic (exact) mass is 448 g/mol. The van der Waals surface area contributed by atoms with E-state index >= 15 is 0 Å². The van der Waals surface area contributed by atoms with Gasteiger partial charge < -0.3 is 20.9 Å². The molecule has 0 bridgehead atoms. The van der Waals surface area contributed by atoms with Gasteiger partial charge in [-0.1, -0.05) is 49.7 Å². The van der Waals surface area contributed by atoms with Gasteiger partial charge in [0, 0.05) is 33.4 Å². The van der Waals surface area contributed by atoms with Crippen molar-refractivity contribution in [2.24, 2.45) is 0 Å². The zero-order valence-corrected chi connectivity index (χ0v) is 19.4. The molecule has 4 aromatic rings. The first kappa shape index (κ1) is 22.6. The Kier molecular flexibility index (Phi) is 7.07. The molecule has 0 aliphatic carbocycles. The molecule has 33 heavy (non-hydrogen) atoms. The zero-order valence-electron chi connectivity index (χ0n) is 19.4. The quantitative estimate of drug-likeness (QED) is 0.277. The highest BCUT2D eigenvalue weighted by Crippen LogP contribution is 2.29. The van der Waals surface area contributed by atoms with E-state index in [-0.39, 0.29) is 8.88 Å². The Morgan fingerprint density at radius 2 is 1.85 bits per heavy atom. The third-order valence-electron chi connectivity index (χ3n) is 5.93. The van der Waals surface area contributed by atoms with E-state index in [4.69, 9.17) is 10.7 Å². The van der Waals surface area contributed by atoms with Gasteiger partial charge in [0.1, 0.15) is 11.3 Å². The summed E-state index contributed by atoms with van der Waals surface area (Å²) < 4.78 is 2.30. The number of para-hydroxylation sites is 2. The fourth-order valence-electron chi connectivity index (χ4n) is 4.15. The van der Waals surface area contributed by atoms with Crippen LogP contribution >= 0.6 is 0 Å². The summed E-state index contributed by atoms with van der Waals surface area (Å²) in [5.41, 5.74) is 10.9. The van der Waals surface area contributed by atoms with Gasteiger partial charge in [0.15, 0.2) is 5.82 Å². The molecule has 0 radical (unpaired) electrons. The van der Waals surface area contributed by atoms with Gasteiger partial charge in [-0.2, -0.15) is 0 Å². The molecular formula is C26H36N6O. The molecule has 0 spiro atoms. The van der Waals surface area contributed by atoms with Crippen molar-refractivity contribution >= 4 is 39.5 Å². The predicted octanol–water partition coefficient (Wildman–Crippen LogP) is 5.91. The van der Waals surface area contributed by atoms with Crippen LogP contribution in [0.2, 0.25) is 0 Å². The number of amides is 2. The topological polar surface area (TPSA) is 97.9 Å². The van der Waals surface area contributed by atoms with Gasteiger partial charge in [-0.3, -0.25) is 0 Å². The number of benzene rings is 2. The van der Waals surface area contributed by atoms with Gasteiger partial charge in [0.25, 0.3) is 0 Å². The minimum atomic E-state index is -0.175. The summed E-state index contributed by atoms with van der Waals surface area (Å²) in [5, 5.41) is 6.95. The molecule has 0 aliphatic rings. The molecule has 2 heterocycles. The Hall–Kier alpha value is -3.61. The molecule has 0 aliphatic heterocycles. The van der Waals surface area contributed by atoms with Crippen molar-refractivity contribution in [3.63, 3.8) is 0 Å². The maximum atomic E-state index is 12.2. The van der Waals surface area contributed by atoms with Gasteiger partial charge in [-0.15, -0.1) is 0 Å². The van der Waals surface area contributed by atoms with Crippen LogP contribution in [0, 0.1) is 6.92 Å². The number of aryl methyl sites for hydroxylation is 3. The molecule has 176 valence electrons. The number of carbonyl (C=O) groups excluding carboxylic acids is 1. The molecular weight excluding hydrogens is 412 g/mol. The number of anilines is 2. The van der Waals surface area contributed by atoms with Crippen molar-refractivity contribution in [2.45, 2.75) is 52.5 Å². The fourth-order valence-corrected chi connectivity index (χ4v) is 4.15. The Labute approximate surface area is 197 Å². The van der Waals surface area contributed by atoms with Gasteiger partial charge in [-0.25, -0.2) is 14.8 Å². The van der Waals surface area contributed by atoms with E-state index < -0.39 is 0 Å². The number of carbonyl (C=O) groups is 1. The third kappa shape index (κ3) is 5.08. The molecule has 2 aromatic carbocycles. The van der Waals surface area contributed by atoms with Crippen LogP contribution in [0.1, 0.15) is 46.8 Å². The van der Waals surface area contributed by atoms with Gasteiger partial charge in [0.2, 0.25) is 0 Å². The van der Waals surface area contributed by atoms with Crippen LogP contribution in [0.25, 0.3) is 21.9 Å². The van der Waals surface area contributed by atoms with Crippen molar-refractivity contribution in [3.05, 3.63) is 59.9 Å². The van der Waals surface area contributed by atoms with E-state index in [2.05, 4.69) is 33.2 Å². The Morgan fingerprint density at radius 3 is 2.67 bits per heavy atom. The Morgan fingerprint density at radius 1 is 1.06 bits per heavy atom. The van der Waals surface area contributed by atoms with Crippen LogP contribution in [0.5, 0.6) is 0 Å². The van der Waals surface area contributed by atoms with E-state index in [9.17, 15) is 4.79 Å². The van der Waals surface area contributed by atoms with E-state index in [0.29, 0.717) is 12.4 Å². The second-order valence-corrected chi connectivity index (χ2v) is 8.40. The Balaban J connectivity index is 0.00000216. The standard InChI is InChI=1S/C26H32N6O.2H2/c1-3-4-15-22-31-23-24(19-12-6-8-14-21(19)29-25(23)27)32(22)17-10-9-16-28-26(33)30-20-13-7-5-11-18(20)2;;/h5-8,11-14H,3-4,9-10,15-17H2,1-2H3,(H2,27,29)(H2,28,30,33);2*1H. The molecule has 0 atom stereocenters. The first-order valence-corrected chi connectivity index (χ1v) is 11.7. The highest BCUT2D eigenvalue weighted by molar-refractivity contribution is 6.06. The number of hydrogen-bond acceptors (Lipinski definition) is 4. The number of urea groups is 1. The second kappa shape index (κ2) is 10.3. The van der Waals surface area contributed by atoms with Crippen LogP contribution in [0.4, 0.5) is 16.3 Å². The summed E-state index contributed by atoms with van der Waals surface area (Å²) in [5.74, 6) is 1.54. The van der Waals surface area contributed by atoms with Crippen LogP contribution < -0.4 is 16.4 Å². The zero-order chi connectivity index (χ0) is 23.2. The number of fused-ring (bicyclic) bond motifs is 3. The van der Waals surface area contributed by atoms with Gasteiger partial charge in [-0.05, 0) is 43.9 Å². The summed E-state index contributed by atoms with van der Waals surface area (Å²) in [4.78, 5) is 21.7. The highest BCUT2D eigenvalue weighted by Gasteiger charge is 2.16. The number of pyridine rings is 1. The van der Waals surface area contributed by atoms with Gasteiger partial charge >= 0.3 is 6.03 Å². The van der Waals surface area contributed by atoms with Gasteiger partial charge in [0.05, 0.1) is 11.0 Å². The predicted molar refractivity (Wildman–Crippen MR) is 140 cm³/mol. The summed E-state index contributed by atoms with van der Waals surface area (Å²) in [7, 11) is 0. The minimum Gasteiger partial charge on any atom is -0.382 e. The number of imidazole rings is 1. The van der Waals surface area contributed by atoms with E-state index in [1.54, 1.807) is 0 Å². The normalized spacial score (nSPS) is 11.2. The molecule has 0 fully saturated rings. The average molecular weight is 449 g/mol. The number of nitrogens with two attached hydrogens (primary N) is 1. The van der Waals surface area contributed by atoms with Crippen molar-refractivity contribution in [3.8, 4) is 0 Å². The lowest BCUT2D eigenvalue weighted by atomic mass is 10.2. The minimum absolute atomic E-state index is 0. The van der Waals surface area contributed by atoms with Crippen molar-refractivity contribution in [1.29, 1.82) is 0 Å². The van der Waals surface area contributed by atoms with Crippen molar-refractivity contribution < 1.29 is 7.65 Å². The summed E-state index contributed by atoms with van der Waals surface area (Å²) >= 11 is 0. The number of nitrogen functional groups attached to an aromatic ring is 1. The second-order valence-electron chi connectivity index (χ2n) is 8.40. The lowest BCUT2D eigenvalue weighted by Gasteiger charge is -2.12. The smallest absolute Gasteiger partial charge is 0.319 e. The average Bonchev–Trinajstić information content (AvgIpc) is 3.18. The molecule has 2 amide bonds. The van der Waals surface area contributed by atoms with Crippen LogP contribution in [0.15, 0.2) is 48.5 Å². The SMILES string of the molecule is CCCCc1nc2c(N)nc3ccccc3c2n1CCCCNC(=O)Nc1ccccc1C.[HH].[HH]. The number of unbranched alkanes of at least 4 members (excludes halogenated alkanes) is 2. The molecule has 4 N–H and O–H groups in total. The third-order valence-corrected chi connectivity index (χ3v) is 5.93. The first-order valence-electron chi connectivity index (χ1n) is 11.7. The van der Waals surface area contributed by atoms with Crippen molar-refractivity contribution in [1.82, 2.24) is 19.9 Å². The van der Waals surface area contributed by atoms with E-state index in [1.807, 2.05) is 49.4 Å². The van der Waals surface area contributed by atoms with E-state index in [0.717, 1.165) is 77.7 Å². The summed E-state index contributed by atoms with van der Waals surface area (Å²) in [6.07, 6.45) is 4.89. The molecule has 0 saturated carbocycles. The van der Waals surface area contributed by atoms with Crippen LogP contribution in [-0.2, 0) is 13.0 Å². The van der Waals surface area contributed by atoms with Crippen LogP contribution in [0.3, 0.4) is 0 Å². The molecule has 4 rings (SSSR count). The van der Waals surface area contributed by atoms with Crippen molar-refractivity contribution in [2.75, 3.05) is 17.6 Å². The largest absolute Gasteiger partial charge is 0.382 e. The number of nitrogens with one attached hydrogen (secondary N) is 2. The number of aromatic nitrogens is 3. The summed E-state index contributed by atoms with van der Waals surface area (Å²) in [6, 6.07) is 15.7. The number of rotatable bonds is 9. The molecule has 2 aromatic heterocycles. The molecule has 0 saturated heterocycles. The lowest BCUT2D eigenvalue weighted by Crippen LogP contribution is -2.29. The molecule has 7 heteroatoms. The number of hydrogen-bond donors (Lipinski definition) is 3. The lowest BCUT2D eigenvalue weighted by molar-refractivity contribution is 0.252. The molecule has 7 nitrogen and oxygen atoms in total.